The van der Waals surface area contributed by atoms with E-state index in [1.807, 2.05) is 0 Å². The van der Waals surface area contributed by atoms with Gasteiger partial charge in [0.15, 0.2) is 0 Å². The van der Waals surface area contributed by atoms with E-state index in [-0.39, 0.29) is 5.54 Å². The molecule has 3 heteroatoms. The van der Waals surface area contributed by atoms with Crippen molar-refractivity contribution in [1.82, 2.24) is 4.90 Å². The Balaban J connectivity index is 2.45. The summed E-state index contributed by atoms with van der Waals surface area (Å²) in [4.78, 5) is 2.42. The minimum absolute atomic E-state index is 0.240. The molecule has 78 valence electrons. The SMILES string of the molecule is CN(C1CC[S+]([O-])CC1)C(C)(C)C. The minimum Gasteiger partial charge on any atom is -0.616 e. The maximum atomic E-state index is 11.2. The van der Waals surface area contributed by atoms with E-state index >= 15 is 0 Å². The van der Waals surface area contributed by atoms with Crippen LogP contribution in [0.1, 0.15) is 33.6 Å². The molecule has 0 saturated carbocycles. The highest BCUT2D eigenvalue weighted by atomic mass is 32.2. The first-order valence-corrected chi connectivity index (χ1v) is 6.48. The predicted molar refractivity (Wildman–Crippen MR) is 58.4 cm³/mol. The summed E-state index contributed by atoms with van der Waals surface area (Å²) in [5.74, 6) is 1.79. The van der Waals surface area contributed by atoms with Crippen LogP contribution in [0.3, 0.4) is 0 Å². The van der Waals surface area contributed by atoms with Crippen LogP contribution in [0.4, 0.5) is 0 Å². The molecule has 0 unspecified atom stereocenters. The summed E-state index contributed by atoms with van der Waals surface area (Å²) >= 11 is -0.531. The van der Waals surface area contributed by atoms with Gasteiger partial charge in [-0.25, -0.2) is 0 Å². The third kappa shape index (κ3) is 3.15. The Morgan fingerprint density at radius 1 is 1.23 bits per heavy atom. The fourth-order valence-electron chi connectivity index (χ4n) is 1.72. The molecule has 0 spiro atoms. The lowest BCUT2D eigenvalue weighted by molar-refractivity contribution is 0.109. The molecule has 0 aliphatic carbocycles. The first-order valence-electron chi connectivity index (χ1n) is 4.99. The number of hydrogen-bond acceptors (Lipinski definition) is 2. The molecule has 0 radical (unpaired) electrons. The van der Waals surface area contributed by atoms with Gasteiger partial charge in [-0.15, -0.1) is 0 Å². The molecular weight excluding hydrogens is 182 g/mol. The van der Waals surface area contributed by atoms with E-state index in [1.54, 1.807) is 0 Å². The number of rotatable bonds is 1. The Hall–Kier alpha value is 0.270. The molecule has 1 heterocycles. The van der Waals surface area contributed by atoms with E-state index < -0.39 is 11.2 Å². The molecule has 1 fully saturated rings. The largest absolute Gasteiger partial charge is 0.616 e. The molecule has 0 atom stereocenters. The van der Waals surface area contributed by atoms with E-state index in [9.17, 15) is 4.55 Å². The van der Waals surface area contributed by atoms with Crippen LogP contribution in [-0.4, -0.2) is 39.6 Å². The first kappa shape index (κ1) is 11.3. The molecule has 1 rings (SSSR count). The summed E-state index contributed by atoms with van der Waals surface area (Å²) in [6.07, 6.45) is 2.20. The van der Waals surface area contributed by atoms with Crippen molar-refractivity contribution in [1.29, 1.82) is 0 Å². The van der Waals surface area contributed by atoms with Gasteiger partial charge in [0.1, 0.15) is 11.5 Å². The molecule has 13 heavy (non-hydrogen) atoms. The van der Waals surface area contributed by atoms with Crippen molar-refractivity contribution in [2.75, 3.05) is 18.6 Å². The van der Waals surface area contributed by atoms with Gasteiger partial charge >= 0.3 is 0 Å². The molecule has 0 bridgehead atoms. The third-order valence-corrected chi connectivity index (χ3v) is 4.35. The first-order chi connectivity index (χ1) is 5.91. The fraction of sp³-hybridized carbons (Fsp3) is 1.00. The van der Waals surface area contributed by atoms with E-state index in [2.05, 4.69) is 32.7 Å². The molecule has 0 N–H and O–H groups in total. The normalized spacial score (nSPS) is 30.9. The van der Waals surface area contributed by atoms with Crippen molar-refractivity contribution in [3.05, 3.63) is 0 Å². The van der Waals surface area contributed by atoms with Gasteiger partial charge in [0.25, 0.3) is 0 Å². The molecule has 0 amide bonds. The standard InChI is InChI=1S/C10H21NOS/c1-10(2,3)11(4)9-5-7-13(12)8-6-9/h9H,5-8H2,1-4H3. The van der Waals surface area contributed by atoms with Crippen LogP contribution >= 0.6 is 0 Å². The lowest BCUT2D eigenvalue weighted by Gasteiger charge is -2.40. The van der Waals surface area contributed by atoms with Crippen LogP contribution in [0.25, 0.3) is 0 Å². The van der Waals surface area contributed by atoms with Crippen molar-refractivity contribution < 1.29 is 4.55 Å². The van der Waals surface area contributed by atoms with Crippen molar-refractivity contribution in [3.63, 3.8) is 0 Å². The van der Waals surface area contributed by atoms with Gasteiger partial charge in [-0.3, -0.25) is 4.90 Å². The summed E-state index contributed by atoms with van der Waals surface area (Å²) in [5, 5.41) is 0. The Kier molecular flexibility index (Phi) is 3.66. The molecule has 0 aromatic heterocycles. The van der Waals surface area contributed by atoms with Gasteiger partial charge in [-0.2, -0.15) is 0 Å². The van der Waals surface area contributed by atoms with Crippen molar-refractivity contribution in [3.8, 4) is 0 Å². The minimum atomic E-state index is -0.531. The predicted octanol–water partition coefficient (Wildman–Crippen LogP) is 1.63. The highest BCUT2D eigenvalue weighted by molar-refractivity contribution is 7.91. The average molecular weight is 203 g/mol. The van der Waals surface area contributed by atoms with Crippen LogP contribution < -0.4 is 0 Å². The molecular formula is C10H21NOS. The second-order valence-corrected chi connectivity index (χ2v) is 6.56. The van der Waals surface area contributed by atoms with Crippen LogP contribution in [0.2, 0.25) is 0 Å². The van der Waals surface area contributed by atoms with E-state index in [0.717, 1.165) is 24.3 Å². The summed E-state index contributed by atoms with van der Waals surface area (Å²) in [7, 11) is 2.18. The van der Waals surface area contributed by atoms with E-state index in [1.165, 1.54) is 0 Å². The maximum Gasteiger partial charge on any atom is 0.107 e. The second-order valence-electron chi connectivity index (χ2n) is 4.86. The molecule has 1 saturated heterocycles. The van der Waals surface area contributed by atoms with Gasteiger partial charge in [-0.05, 0) is 27.8 Å². The number of hydrogen-bond donors (Lipinski definition) is 0. The summed E-state index contributed by atoms with van der Waals surface area (Å²) in [6.45, 7) is 6.70. The summed E-state index contributed by atoms with van der Waals surface area (Å²) in [5.41, 5.74) is 0.240. The molecule has 2 nitrogen and oxygen atoms in total. The van der Waals surface area contributed by atoms with Crippen LogP contribution in [0.15, 0.2) is 0 Å². The molecule has 1 aliphatic heterocycles. The quantitative estimate of drug-likeness (QED) is 0.605. The van der Waals surface area contributed by atoms with Gasteiger partial charge < -0.3 is 4.55 Å². The van der Waals surface area contributed by atoms with E-state index in [0.29, 0.717) is 6.04 Å². The van der Waals surface area contributed by atoms with Gasteiger partial charge in [-0.1, -0.05) is 11.2 Å². The average Bonchev–Trinajstić information content (AvgIpc) is 2.03. The topological polar surface area (TPSA) is 26.3 Å². The highest BCUT2D eigenvalue weighted by Crippen LogP contribution is 2.23. The lowest BCUT2D eigenvalue weighted by atomic mass is 10.0. The van der Waals surface area contributed by atoms with Crippen molar-refractivity contribution in [2.45, 2.75) is 45.2 Å². The fourth-order valence-corrected chi connectivity index (χ4v) is 2.99. The van der Waals surface area contributed by atoms with Crippen molar-refractivity contribution >= 4 is 11.2 Å². The van der Waals surface area contributed by atoms with Crippen LogP contribution in [-0.2, 0) is 11.2 Å². The van der Waals surface area contributed by atoms with Crippen LogP contribution in [0, 0.1) is 0 Å². The molecule has 1 aliphatic rings. The number of nitrogens with zero attached hydrogens (tertiary/aromatic N) is 1. The Labute approximate surface area is 84.9 Å². The Morgan fingerprint density at radius 3 is 2.08 bits per heavy atom. The summed E-state index contributed by atoms with van der Waals surface area (Å²) in [6, 6.07) is 0.637. The van der Waals surface area contributed by atoms with Crippen molar-refractivity contribution in [2.24, 2.45) is 0 Å². The molecule has 0 aromatic carbocycles. The Bertz CT molecular complexity index is 159. The molecule has 0 aromatic rings. The van der Waals surface area contributed by atoms with E-state index in [4.69, 9.17) is 0 Å². The van der Waals surface area contributed by atoms with Gasteiger partial charge in [0, 0.05) is 24.4 Å². The van der Waals surface area contributed by atoms with Gasteiger partial charge in [0.05, 0.1) is 0 Å². The monoisotopic (exact) mass is 203 g/mol. The lowest BCUT2D eigenvalue weighted by Crippen LogP contribution is -2.48. The highest BCUT2D eigenvalue weighted by Gasteiger charge is 2.30. The maximum absolute atomic E-state index is 11.2. The second kappa shape index (κ2) is 4.20. The Morgan fingerprint density at radius 2 is 1.69 bits per heavy atom. The van der Waals surface area contributed by atoms with Gasteiger partial charge in [0.2, 0.25) is 0 Å². The zero-order valence-corrected chi connectivity index (χ0v) is 9.99. The summed E-state index contributed by atoms with van der Waals surface area (Å²) < 4.78 is 11.2. The zero-order valence-electron chi connectivity index (χ0n) is 9.17. The third-order valence-electron chi connectivity index (χ3n) is 2.96. The zero-order chi connectivity index (χ0) is 10.1. The van der Waals surface area contributed by atoms with Crippen LogP contribution in [0.5, 0.6) is 0 Å². The smallest absolute Gasteiger partial charge is 0.107 e.